The number of carbonyl (C=O) groups excluding carboxylic acids is 1. The first kappa shape index (κ1) is 24.6. The molecular weight excluding hydrogens is 404 g/mol. The van der Waals surface area contributed by atoms with Crippen LogP contribution in [0.15, 0.2) is 55.1 Å². The van der Waals surface area contributed by atoms with Gasteiger partial charge in [-0.15, -0.1) is 0 Å². The van der Waals surface area contributed by atoms with E-state index in [9.17, 15) is 4.79 Å². The fraction of sp³-hybridized carbons (Fsp3) is 0.333. The third kappa shape index (κ3) is 6.41. The predicted molar refractivity (Wildman–Crippen MR) is 129 cm³/mol. The van der Waals surface area contributed by atoms with Crippen LogP contribution >= 0.6 is 0 Å². The molecule has 0 unspecified atom stereocenters. The van der Waals surface area contributed by atoms with Gasteiger partial charge in [0, 0.05) is 30.6 Å². The van der Waals surface area contributed by atoms with Gasteiger partial charge >= 0.3 is 6.03 Å². The Morgan fingerprint density at radius 2 is 2.00 bits per heavy atom. The van der Waals surface area contributed by atoms with Crippen molar-refractivity contribution < 1.29 is 9.53 Å². The summed E-state index contributed by atoms with van der Waals surface area (Å²) in [5, 5.41) is 8.99. The standard InChI is InChI=1S/C23H28N6O2.CH4/c1-4-7-18(17-8-6-11-24-14-17)28-22-13-20(26-15-27-22)16-9-10-19(21(12-16)31-3)29-23(30)25-5-2;/h6,8-15,18H,4-5,7H2,1-3H3,(H2,25,29,30)(H,26,27,28);1H4/t18-;/m0./s1. The maximum atomic E-state index is 11.8. The summed E-state index contributed by atoms with van der Waals surface area (Å²) in [6, 6.07) is 11.3. The van der Waals surface area contributed by atoms with E-state index in [1.54, 1.807) is 19.4 Å². The molecule has 2 heterocycles. The molecule has 1 atom stereocenters. The van der Waals surface area contributed by atoms with Gasteiger partial charge in [0.05, 0.1) is 24.5 Å². The zero-order chi connectivity index (χ0) is 22.1. The number of rotatable bonds is 9. The van der Waals surface area contributed by atoms with Crippen molar-refractivity contribution in [2.45, 2.75) is 40.2 Å². The van der Waals surface area contributed by atoms with E-state index in [0.717, 1.165) is 35.5 Å². The number of hydrogen-bond donors (Lipinski definition) is 3. The summed E-state index contributed by atoms with van der Waals surface area (Å²) >= 11 is 0. The highest BCUT2D eigenvalue weighted by atomic mass is 16.5. The van der Waals surface area contributed by atoms with Gasteiger partial charge in [0.25, 0.3) is 0 Å². The Balaban J connectivity index is 0.00000363. The number of methoxy groups -OCH3 is 1. The van der Waals surface area contributed by atoms with Gasteiger partial charge in [-0.1, -0.05) is 32.9 Å². The summed E-state index contributed by atoms with van der Waals surface area (Å²) in [5.41, 5.74) is 3.31. The molecule has 8 heteroatoms. The number of ether oxygens (including phenoxy) is 1. The van der Waals surface area contributed by atoms with Gasteiger partial charge in [-0.3, -0.25) is 4.98 Å². The van der Waals surface area contributed by atoms with Gasteiger partial charge in [-0.25, -0.2) is 14.8 Å². The Kier molecular flexibility index (Phi) is 9.41. The lowest BCUT2D eigenvalue weighted by atomic mass is 10.0. The molecule has 0 fully saturated rings. The molecule has 0 aliphatic carbocycles. The van der Waals surface area contributed by atoms with Gasteiger partial charge in [-0.05, 0) is 37.1 Å². The van der Waals surface area contributed by atoms with Crippen LogP contribution in [0.1, 0.15) is 45.7 Å². The fourth-order valence-corrected chi connectivity index (χ4v) is 3.25. The lowest BCUT2D eigenvalue weighted by Gasteiger charge is -2.19. The van der Waals surface area contributed by atoms with Crippen LogP contribution in [0.25, 0.3) is 11.3 Å². The number of urea groups is 1. The monoisotopic (exact) mass is 436 g/mol. The van der Waals surface area contributed by atoms with Crippen LogP contribution in [-0.2, 0) is 0 Å². The van der Waals surface area contributed by atoms with Crippen LogP contribution in [0.2, 0.25) is 0 Å². The largest absolute Gasteiger partial charge is 0.495 e. The van der Waals surface area contributed by atoms with E-state index in [2.05, 4.69) is 43.9 Å². The van der Waals surface area contributed by atoms with E-state index in [1.807, 2.05) is 37.4 Å². The normalized spacial score (nSPS) is 11.1. The lowest BCUT2D eigenvalue weighted by molar-refractivity contribution is 0.252. The minimum atomic E-state index is -0.278. The van der Waals surface area contributed by atoms with Crippen LogP contribution in [0, 0.1) is 0 Å². The topological polar surface area (TPSA) is 101 Å². The van der Waals surface area contributed by atoms with E-state index < -0.39 is 0 Å². The lowest BCUT2D eigenvalue weighted by Crippen LogP contribution is -2.28. The highest BCUT2D eigenvalue weighted by Gasteiger charge is 2.13. The van der Waals surface area contributed by atoms with Crippen molar-refractivity contribution in [1.82, 2.24) is 20.3 Å². The highest BCUT2D eigenvalue weighted by molar-refractivity contribution is 5.91. The van der Waals surface area contributed by atoms with Gasteiger partial charge in [-0.2, -0.15) is 0 Å². The maximum Gasteiger partial charge on any atom is 0.319 e. The van der Waals surface area contributed by atoms with Crippen molar-refractivity contribution in [3.05, 3.63) is 60.7 Å². The summed E-state index contributed by atoms with van der Waals surface area (Å²) in [7, 11) is 1.57. The molecule has 3 aromatic rings. The first-order valence-corrected chi connectivity index (χ1v) is 10.4. The quantitative estimate of drug-likeness (QED) is 0.422. The minimum Gasteiger partial charge on any atom is -0.495 e. The number of pyridine rings is 1. The molecule has 0 aliphatic heterocycles. The number of anilines is 2. The van der Waals surface area contributed by atoms with E-state index in [4.69, 9.17) is 4.74 Å². The van der Waals surface area contributed by atoms with Crippen LogP contribution in [0.5, 0.6) is 5.75 Å². The van der Waals surface area contributed by atoms with Crippen molar-refractivity contribution in [2.75, 3.05) is 24.3 Å². The third-order valence-electron chi connectivity index (χ3n) is 4.74. The molecule has 2 aromatic heterocycles. The molecular formula is C24H32N6O2. The number of nitrogens with zero attached hydrogens (tertiary/aromatic N) is 3. The molecule has 3 N–H and O–H groups in total. The summed E-state index contributed by atoms with van der Waals surface area (Å²) < 4.78 is 5.46. The van der Waals surface area contributed by atoms with E-state index in [-0.39, 0.29) is 19.5 Å². The third-order valence-corrected chi connectivity index (χ3v) is 4.74. The second kappa shape index (κ2) is 12.2. The Morgan fingerprint density at radius 1 is 1.16 bits per heavy atom. The average molecular weight is 437 g/mol. The second-order valence-electron chi connectivity index (χ2n) is 6.96. The summed E-state index contributed by atoms with van der Waals surface area (Å²) in [4.78, 5) is 24.9. The van der Waals surface area contributed by atoms with E-state index in [0.29, 0.717) is 18.0 Å². The summed E-state index contributed by atoms with van der Waals surface area (Å²) in [6.45, 7) is 4.56. The summed E-state index contributed by atoms with van der Waals surface area (Å²) in [5.74, 6) is 1.28. The molecule has 2 amide bonds. The molecule has 0 aliphatic rings. The van der Waals surface area contributed by atoms with Gasteiger partial charge in [0.15, 0.2) is 0 Å². The molecule has 1 aromatic carbocycles. The Bertz CT molecular complexity index is 997. The van der Waals surface area contributed by atoms with Gasteiger partial charge in [0.1, 0.15) is 17.9 Å². The number of aromatic nitrogens is 3. The highest BCUT2D eigenvalue weighted by Crippen LogP contribution is 2.31. The molecule has 8 nitrogen and oxygen atoms in total. The molecule has 0 spiro atoms. The second-order valence-corrected chi connectivity index (χ2v) is 6.96. The van der Waals surface area contributed by atoms with Crippen LogP contribution in [0.4, 0.5) is 16.3 Å². The number of nitrogens with one attached hydrogen (secondary N) is 3. The van der Waals surface area contributed by atoms with Crippen LogP contribution < -0.4 is 20.7 Å². The molecule has 0 bridgehead atoms. The first-order chi connectivity index (χ1) is 15.1. The zero-order valence-electron chi connectivity index (χ0n) is 18.1. The van der Waals surface area contributed by atoms with E-state index >= 15 is 0 Å². The SMILES string of the molecule is C.CCC[C@H](Nc1cc(-c2ccc(NC(=O)NCC)c(OC)c2)ncn1)c1cccnc1. The number of benzene rings is 1. The minimum absolute atomic E-state index is 0. The van der Waals surface area contributed by atoms with Crippen molar-refractivity contribution in [3.8, 4) is 17.0 Å². The van der Waals surface area contributed by atoms with Crippen LogP contribution in [0.3, 0.4) is 0 Å². The first-order valence-electron chi connectivity index (χ1n) is 10.4. The van der Waals surface area contributed by atoms with Crippen LogP contribution in [-0.4, -0.2) is 34.6 Å². The Morgan fingerprint density at radius 3 is 2.69 bits per heavy atom. The Labute approximate surface area is 189 Å². The van der Waals surface area contributed by atoms with Gasteiger partial charge < -0.3 is 20.7 Å². The molecule has 3 rings (SSSR count). The predicted octanol–water partition coefficient (Wildman–Crippen LogP) is 5.28. The molecule has 32 heavy (non-hydrogen) atoms. The number of hydrogen-bond acceptors (Lipinski definition) is 6. The molecule has 0 saturated heterocycles. The van der Waals surface area contributed by atoms with Crippen molar-refractivity contribution in [2.24, 2.45) is 0 Å². The fourth-order valence-electron chi connectivity index (χ4n) is 3.25. The van der Waals surface area contributed by atoms with E-state index in [1.165, 1.54) is 6.33 Å². The molecule has 0 saturated carbocycles. The Hall–Kier alpha value is -3.68. The van der Waals surface area contributed by atoms with Crippen molar-refractivity contribution >= 4 is 17.5 Å². The van der Waals surface area contributed by atoms with Crippen molar-refractivity contribution in [3.63, 3.8) is 0 Å². The molecule has 0 radical (unpaired) electrons. The summed E-state index contributed by atoms with van der Waals surface area (Å²) in [6.07, 6.45) is 7.17. The van der Waals surface area contributed by atoms with Gasteiger partial charge in [0.2, 0.25) is 0 Å². The number of carbonyl (C=O) groups is 1. The van der Waals surface area contributed by atoms with Crippen molar-refractivity contribution in [1.29, 1.82) is 0 Å². The maximum absolute atomic E-state index is 11.8. The average Bonchev–Trinajstić information content (AvgIpc) is 2.80. The smallest absolute Gasteiger partial charge is 0.319 e. The number of amides is 2. The molecule has 170 valence electrons. The zero-order valence-corrected chi connectivity index (χ0v) is 18.1.